The summed E-state index contributed by atoms with van der Waals surface area (Å²) < 4.78 is 5.49. The molecule has 1 aliphatic heterocycles. The number of hydrogen-bond donors (Lipinski definition) is 2. The lowest BCUT2D eigenvalue weighted by Crippen LogP contribution is -2.18. The second-order valence-electron chi connectivity index (χ2n) is 3.83. The summed E-state index contributed by atoms with van der Waals surface area (Å²) in [5.74, 6) is 1.17. The number of fused-ring (bicyclic) bond motifs is 1. The third-order valence-electron chi connectivity index (χ3n) is 2.62. The number of carbonyl (C=O) groups excluding carboxylic acids is 1. The highest BCUT2D eigenvalue weighted by Crippen LogP contribution is 2.35. The first-order chi connectivity index (χ1) is 8.76. The van der Waals surface area contributed by atoms with Gasteiger partial charge in [-0.1, -0.05) is 0 Å². The average Bonchev–Trinajstić information content (AvgIpc) is 2.86. The summed E-state index contributed by atoms with van der Waals surface area (Å²) in [6, 6.07) is 6.32. The number of oxazole rings is 1. The van der Waals surface area contributed by atoms with Gasteiger partial charge < -0.3 is 15.1 Å². The molecule has 0 aliphatic carbocycles. The smallest absolute Gasteiger partial charge is 0.294 e. The van der Waals surface area contributed by atoms with Gasteiger partial charge in [0.1, 0.15) is 0 Å². The quantitative estimate of drug-likeness (QED) is 0.869. The summed E-state index contributed by atoms with van der Waals surface area (Å²) in [6.45, 7) is 0. The molecule has 2 aromatic rings. The number of thioether (sulfide) groups is 1. The molecule has 1 aromatic carbocycles. The highest BCUT2D eigenvalue weighted by Gasteiger charge is 2.16. The number of nitrogens with one attached hydrogen (secondary N) is 2. The second-order valence-corrected chi connectivity index (χ2v) is 4.84. The number of anilines is 2. The van der Waals surface area contributed by atoms with Crippen molar-refractivity contribution in [3.63, 3.8) is 0 Å². The SMILES string of the molecule is CNc1ncc(-c2ccc3c(c2)NC(=O)CS3)o1. The van der Waals surface area contributed by atoms with E-state index in [2.05, 4.69) is 15.6 Å². The first-order valence-electron chi connectivity index (χ1n) is 5.47. The number of hydrogen-bond acceptors (Lipinski definition) is 5. The zero-order valence-electron chi connectivity index (χ0n) is 9.69. The first kappa shape index (κ1) is 11.2. The Bertz CT molecular complexity index is 609. The largest absolute Gasteiger partial charge is 0.424 e. The van der Waals surface area contributed by atoms with E-state index in [-0.39, 0.29) is 5.91 Å². The van der Waals surface area contributed by atoms with Crippen LogP contribution in [0.5, 0.6) is 0 Å². The summed E-state index contributed by atoms with van der Waals surface area (Å²) in [5, 5.41) is 5.69. The minimum atomic E-state index is 0.0260. The zero-order chi connectivity index (χ0) is 12.5. The maximum Gasteiger partial charge on any atom is 0.294 e. The van der Waals surface area contributed by atoms with Gasteiger partial charge >= 0.3 is 0 Å². The molecule has 5 nitrogen and oxygen atoms in total. The molecule has 0 atom stereocenters. The van der Waals surface area contributed by atoms with E-state index in [1.54, 1.807) is 13.2 Å². The lowest BCUT2D eigenvalue weighted by Gasteiger charge is -2.16. The monoisotopic (exact) mass is 261 g/mol. The molecule has 2 N–H and O–H groups in total. The van der Waals surface area contributed by atoms with Gasteiger partial charge in [0.25, 0.3) is 6.01 Å². The topological polar surface area (TPSA) is 67.2 Å². The third kappa shape index (κ3) is 1.95. The maximum atomic E-state index is 11.3. The van der Waals surface area contributed by atoms with Crippen molar-refractivity contribution in [1.29, 1.82) is 0 Å². The van der Waals surface area contributed by atoms with Gasteiger partial charge in [0.05, 0.1) is 17.6 Å². The molecule has 0 saturated heterocycles. The first-order valence-corrected chi connectivity index (χ1v) is 6.45. The second kappa shape index (κ2) is 4.38. The zero-order valence-corrected chi connectivity index (χ0v) is 10.5. The van der Waals surface area contributed by atoms with Crippen LogP contribution in [0.2, 0.25) is 0 Å². The Morgan fingerprint density at radius 1 is 1.50 bits per heavy atom. The molecule has 0 spiro atoms. The van der Waals surface area contributed by atoms with Gasteiger partial charge in [0.2, 0.25) is 5.91 Å². The molecule has 1 aliphatic rings. The Balaban J connectivity index is 1.98. The van der Waals surface area contributed by atoms with Crippen molar-refractivity contribution in [3.8, 4) is 11.3 Å². The van der Waals surface area contributed by atoms with Gasteiger partial charge in [-0.2, -0.15) is 0 Å². The van der Waals surface area contributed by atoms with Crippen molar-refractivity contribution in [2.45, 2.75) is 4.90 Å². The lowest BCUT2D eigenvalue weighted by molar-refractivity contribution is -0.113. The van der Waals surface area contributed by atoms with Crippen LogP contribution in [0.4, 0.5) is 11.7 Å². The van der Waals surface area contributed by atoms with Crippen LogP contribution in [0.25, 0.3) is 11.3 Å². The molecule has 1 amide bonds. The summed E-state index contributed by atoms with van der Waals surface area (Å²) in [4.78, 5) is 16.5. The van der Waals surface area contributed by atoms with Crippen LogP contribution in [0, 0.1) is 0 Å². The Labute approximate surface area is 108 Å². The van der Waals surface area contributed by atoms with Gasteiger partial charge in [0, 0.05) is 17.5 Å². The highest BCUT2D eigenvalue weighted by molar-refractivity contribution is 8.00. The maximum absolute atomic E-state index is 11.3. The Morgan fingerprint density at radius 2 is 2.39 bits per heavy atom. The van der Waals surface area contributed by atoms with E-state index in [0.717, 1.165) is 16.1 Å². The van der Waals surface area contributed by atoms with Gasteiger partial charge in [-0.05, 0) is 18.2 Å². The molecule has 3 rings (SSSR count). The van der Waals surface area contributed by atoms with Crippen LogP contribution < -0.4 is 10.6 Å². The van der Waals surface area contributed by atoms with E-state index in [9.17, 15) is 4.79 Å². The van der Waals surface area contributed by atoms with Crippen molar-refractivity contribution in [2.75, 3.05) is 23.4 Å². The fourth-order valence-corrected chi connectivity index (χ4v) is 2.55. The Hall–Kier alpha value is -1.95. The van der Waals surface area contributed by atoms with E-state index in [1.165, 1.54) is 11.8 Å². The predicted molar refractivity (Wildman–Crippen MR) is 70.8 cm³/mol. The van der Waals surface area contributed by atoms with E-state index in [0.29, 0.717) is 17.5 Å². The Morgan fingerprint density at radius 3 is 3.17 bits per heavy atom. The van der Waals surface area contributed by atoms with Crippen LogP contribution in [0.3, 0.4) is 0 Å². The summed E-state index contributed by atoms with van der Waals surface area (Å²) in [5.41, 5.74) is 1.72. The van der Waals surface area contributed by atoms with Crippen molar-refractivity contribution in [2.24, 2.45) is 0 Å². The van der Waals surface area contributed by atoms with Crippen LogP contribution in [-0.2, 0) is 4.79 Å². The standard InChI is InChI=1S/C12H11N3O2S/c1-13-12-14-5-9(17-12)7-2-3-10-8(4-7)15-11(16)6-18-10/h2-5H,6H2,1H3,(H,13,14)(H,15,16). The fraction of sp³-hybridized carbons (Fsp3) is 0.167. The molecule has 1 aromatic heterocycles. The average molecular weight is 261 g/mol. The highest BCUT2D eigenvalue weighted by atomic mass is 32.2. The molecule has 18 heavy (non-hydrogen) atoms. The molecule has 0 fully saturated rings. The van der Waals surface area contributed by atoms with Crippen molar-refractivity contribution in [3.05, 3.63) is 24.4 Å². The molecular formula is C12H11N3O2S. The molecule has 0 saturated carbocycles. The van der Waals surface area contributed by atoms with Crippen molar-refractivity contribution >= 4 is 29.4 Å². The third-order valence-corrected chi connectivity index (χ3v) is 3.69. The lowest BCUT2D eigenvalue weighted by atomic mass is 10.1. The van der Waals surface area contributed by atoms with Crippen molar-refractivity contribution < 1.29 is 9.21 Å². The molecule has 92 valence electrons. The minimum absolute atomic E-state index is 0.0260. The van der Waals surface area contributed by atoms with Crippen LogP contribution >= 0.6 is 11.8 Å². The molecular weight excluding hydrogens is 250 g/mol. The minimum Gasteiger partial charge on any atom is -0.424 e. The Kier molecular flexibility index (Phi) is 2.71. The molecule has 0 radical (unpaired) electrons. The molecule has 2 heterocycles. The summed E-state index contributed by atoms with van der Waals surface area (Å²) >= 11 is 1.54. The van der Waals surface area contributed by atoms with Gasteiger partial charge in [0.15, 0.2) is 5.76 Å². The number of amides is 1. The van der Waals surface area contributed by atoms with Crippen molar-refractivity contribution in [1.82, 2.24) is 4.98 Å². The van der Waals surface area contributed by atoms with E-state index in [4.69, 9.17) is 4.42 Å². The molecule has 6 heteroatoms. The summed E-state index contributed by atoms with van der Waals surface area (Å²) in [7, 11) is 1.75. The normalized spacial score (nSPS) is 13.9. The predicted octanol–water partition coefficient (Wildman–Crippen LogP) is 2.43. The number of aromatic nitrogens is 1. The number of nitrogens with zero attached hydrogens (tertiary/aromatic N) is 1. The van der Waals surface area contributed by atoms with E-state index >= 15 is 0 Å². The number of benzene rings is 1. The number of rotatable bonds is 2. The van der Waals surface area contributed by atoms with E-state index in [1.807, 2.05) is 18.2 Å². The van der Waals surface area contributed by atoms with Gasteiger partial charge in [-0.25, -0.2) is 4.98 Å². The van der Waals surface area contributed by atoms with Gasteiger partial charge in [-0.15, -0.1) is 11.8 Å². The molecule has 0 bridgehead atoms. The molecule has 0 unspecified atom stereocenters. The summed E-state index contributed by atoms with van der Waals surface area (Å²) in [6.07, 6.45) is 1.66. The van der Waals surface area contributed by atoms with Crippen LogP contribution in [0.15, 0.2) is 33.7 Å². The van der Waals surface area contributed by atoms with Gasteiger partial charge in [-0.3, -0.25) is 4.79 Å². The van der Waals surface area contributed by atoms with E-state index < -0.39 is 0 Å². The van der Waals surface area contributed by atoms with Crippen LogP contribution in [-0.4, -0.2) is 23.7 Å². The van der Waals surface area contributed by atoms with Crippen LogP contribution in [0.1, 0.15) is 0 Å². The number of carbonyl (C=O) groups is 1. The fourth-order valence-electron chi connectivity index (χ4n) is 1.76.